The van der Waals surface area contributed by atoms with Crippen LogP contribution in [0.3, 0.4) is 0 Å². The molecule has 0 aliphatic carbocycles. The molecule has 3 aromatic rings. The molecule has 154 valence electrons. The Morgan fingerprint density at radius 3 is 2.76 bits per heavy atom. The number of nitrogens with one attached hydrogen (secondary N) is 2. The van der Waals surface area contributed by atoms with Gasteiger partial charge in [0.05, 0.1) is 46.5 Å². The summed E-state index contributed by atoms with van der Waals surface area (Å²) in [6, 6.07) is 3.39. The second-order valence-electron chi connectivity index (χ2n) is 7.06. The number of nitrogens with zero attached hydrogens (tertiary/aromatic N) is 4. The van der Waals surface area contributed by atoms with Gasteiger partial charge in [-0.05, 0) is 26.8 Å². The maximum atomic E-state index is 13.9. The highest BCUT2D eigenvalue weighted by Crippen LogP contribution is 2.25. The van der Waals surface area contributed by atoms with Crippen LogP contribution in [0.15, 0.2) is 30.7 Å². The van der Waals surface area contributed by atoms with Crippen LogP contribution in [0.2, 0.25) is 5.02 Å². The van der Waals surface area contributed by atoms with Crippen LogP contribution >= 0.6 is 11.6 Å². The second-order valence-corrected chi connectivity index (χ2v) is 7.50. The lowest BCUT2D eigenvalue weighted by atomic mass is 10.0. The van der Waals surface area contributed by atoms with Crippen molar-refractivity contribution >= 4 is 28.8 Å². The number of rotatable bonds is 7. The summed E-state index contributed by atoms with van der Waals surface area (Å²) < 4.78 is 15.5. The van der Waals surface area contributed by atoms with E-state index in [0.29, 0.717) is 34.3 Å². The van der Waals surface area contributed by atoms with Crippen molar-refractivity contribution in [3.63, 3.8) is 0 Å². The molecule has 0 bridgehead atoms. The number of aromatic nitrogens is 4. The third-order valence-electron chi connectivity index (χ3n) is 4.31. The van der Waals surface area contributed by atoms with Gasteiger partial charge in [-0.3, -0.25) is 9.78 Å². The first-order chi connectivity index (χ1) is 13.7. The molecular formula is C19H22ClFN6O2. The fraction of sp³-hybridized carbons (Fsp3) is 0.368. The van der Waals surface area contributed by atoms with Crippen molar-refractivity contribution in [1.29, 1.82) is 0 Å². The van der Waals surface area contributed by atoms with Crippen molar-refractivity contribution in [2.75, 3.05) is 18.4 Å². The summed E-state index contributed by atoms with van der Waals surface area (Å²) >= 11 is 5.95. The van der Waals surface area contributed by atoms with Crippen LogP contribution in [0.1, 0.15) is 31.1 Å². The average Bonchev–Trinajstić information content (AvgIpc) is 3.08. The second kappa shape index (κ2) is 8.30. The molecule has 0 radical (unpaired) electrons. The van der Waals surface area contributed by atoms with Gasteiger partial charge in [0.25, 0.3) is 5.91 Å². The number of hydrogen-bond donors (Lipinski definition) is 3. The highest BCUT2D eigenvalue weighted by atomic mass is 35.5. The van der Waals surface area contributed by atoms with Gasteiger partial charge in [0.1, 0.15) is 11.9 Å². The van der Waals surface area contributed by atoms with Gasteiger partial charge in [0, 0.05) is 18.8 Å². The number of carbonyl (C=O) groups excluding carboxylic acids is 1. The van der Waals surface area contributed by atoms with E-state index in [4.69, 9.17) is 11.6 Å². The number of amides is 1. The van der Waals surface area contributed by atoms with E-state index in [1.807, 2.05) is 6.92 Å². The minimum Gasteiger partial charge on any atom is -0.387 e. The van der Waals surface area contributed by atoms with Crippen molar-refractivity contribution in [2.24, 2.45) is 0 Å². The lowest BCUT2D eigenvalue weighted by molar-refractivity contribution is -0.00177. The van der Waals surface area contributed by atoms with Crippen molar-refractivity contribution in [3.8, 4) is 11.4 Å². The average molecular weight is 421 g/mol. The monoisotopic (exact) mass is 420 g/mol. The quantitative estimate of drug-likeness (QED) is 0.543. The Hall–Kier alpha value is -2.78. The molecule has 3 heterocycles. The van der Waals surface area contributed by atoms with Crippen molar-refractivity contribution in [3.05, 3.63) is 41.3 Å². The van der Waals surface area contributed by atoms with Crippen LogP contribution in [0, 0.1) is 0 Å². The molecular weight excluding hydrogens is 399 g/mol. The molecule has 0 saturated heterocycles. The number of anilines is 1. The summed E-state index contributed by atoms with van der Waals surface area (Å²) in [4.78, 5) is 21.2. The SMILES string of the molecule is CCNc1cc(-c2cnc3cc(Cl)cnn23)ncc1C(=O)NCC(F)C(C)(C)O. The van der Waals surface area contributed by atoms with E-state index < -0.39 is 17.7 Å². The van der Waals surface area contributed by atoms with Crippen LogP contribution in [0.5, 0.6) is 0 Å². The van der Waals surface area contributed by atoms with E-state index in [2.05, 4.69) is 25.7 Å². The minimum atomic E-state index is -1.60. The molecule has 10 heteroatoms. The third-order valence-corrected chi connectivity index (χ3v) is 4.52. The number of halogens is 2. The molecule has 0 spiro atoms. The Labute approximate surface area is 172 Å². The Balaban J connectivity index is 1.89. The molecule has 0 fully saturated rings. The fourth-order valence-corrected chi connectivity index (χ4v) is 2.81. The van der Waals surface area contributed by atoms with Crippen LogP contribution in [-0.4, -0.2) is 55.5 Å². The number of pyridine rings is 1. The lowest BCUT2D eigenvalue weighted by Gasteiger charge is -2.22. The topological polar surface area (TPSA) is 104 Å². The number of alkyl halides is 1. The molecule has 1 unspecified atom stereocenters. The first-order valence-corrected chi connectivity index (χ1v) is 9.46. The van der Waals surface area contributed by atoms with Gasteiger partial charge in [-0.25, -0.2) is 13.9 Å². The highest BCUT2D eigenvalue weighted by molar-refractivity contribution is 6.30. The van der Waals surface area contributed by atoms with Gasteiger partial charge < -0.3 is 15.7 Å². The van der Waals surface area contributed by atoms with Crippen LogP contribution < -0.4 is 10.6 Å². The number of aliphatic hydroxyl groups is 1. The maximum absolute atomic E-state index is 13.9. The van der Waals surface area contributed by atoms with Crippen molar-refractivity contribution in [1.82, 2.24) is 24.9 Å². The Bertz CT molecular complexity index is 1030. The highest BCUT2D eigenvalue weighted by Gasteiger charge is 2.27. The van der Waals surface area contributed by atoms with Gasteiger partial charge in [0.2, 0.25) is 0 Å². The van der Waals surface area contributed by atoms with Crippen molar-refractivity contribution < 1.29 is 14.3 Å². The molecule has 3 rings (SSSR count). The van der Waals surface area contributed by atoms with E-state index in [1.165, 1.54) is 26.2 Å². The number of fused-ring (bicyclic) bond motifs is 1. The largest absolute Gasteiger partial charge is 0.387 e. The summed E-state index contributed by atoms with van der Waals surface area (Å²) in [6.07, 6.45) is 2.93. The molecule has 0 aliphatic heterocycles. The Kier molecular flexibility index (Phi) is 5.99. The molecule has 0 aromatic carbocycles. The zero-order valence-electron chi connectivity index (χ0n) is 16.3. The van der Waals surface area contributed by atoms with Gasteiger partial charge in [-0.1, -0.05) is 11.6 Å². The Morgan fingerprint density at radius 2 is 2.07 bits per heavy atom. The van der Waals surface area contributed by atoms with E-state index in [9.17, 15) is 14.3 Å². The number of hydrogen-bond acceptors (Lipinski definition) is 6. The smallest absolute Gasteiger partial charge is 0.255 e. The van der Waals surface area contributed by atoms with Gasteiger partial charge >= 0.3 is 0 Å². The summed E-state index contributed by atoms with van der Waals surface area (Å²) in [5.41, 5.74) is 1.02. The summed E-state index contributed by atoms with van der Waals surface area (Å²) in [6.45, 7) is 4.85. The van der Waals surface area contributed by atoms with E-state index in [0.717, 1.165) is 0 Å². The normalized spacial score (nSPS) is 12.8. The van der Waals surface area contributed by atoms with Crippen LogP contribution in [-0.2, 0) is 0 Å². The first-order valence-electron chi connectivity index (χ1n) is 9.09. The predicted octanol–water partition coefficient (Wildman–Crippen LogP) is 2.72. The molecule has 0 saturated carbocycles. The minimum absolute atomic E-state index is 0.267. The first kappa shape index (κ1) is 20.9. The van der Waals surface area contributed by atoms with Crippen molar-refractivity contribution in [2.45, 2.75) is 32.5 Å². The van der Waals surface area contributed by atoms with Crippen LogP contribution in [0.25, 0.3) is 17.0 Å². The maximum Gasteiger partial charge on any atom is 0.255 e. The van der Waals surface area contributed by atoms with Gasteiger partial charge in [-0.15, -0.1) is 0 Å². The predicted molar refractivity (Wildman–Crippen MR) is 109 cm³/mol. The third kappa shape index (κ3) is 4.63. The molecule has 3 aromatic heterocycles. The van der Waals surface area contributed by atoms with Gasteiger partial charge in [0.15, 0.2) is 5.65 Å². The standard InChI is InChI=1S/C19H22ClFN6O2/c1-4-22-13-6-14(15-9-24-17-5-11(20)7-26-27(15)17)23-8-12(13)18(28)25-10-16(21)19(2,3)29/h5-9,16,29H,4,10H2,1-3H3,(H,22,23)(H,25,28). The van der Waals surface area contributed by atoms with E-state index in [-0.39, 0.29) is 12.1 Å². The van der Waals surface area contributed by atoms with Gasteiger partial charge in [-0.2, -0.15) is 5.10 Å². The van der Waals surface area contributed by atoms with E-state index >= 15 is 0 Å². The molecule has 8 nitrogen and oxygen atoms in total. The fourth-order valence-electron chi connectivity index (χ4n) is 2.67. The zero-order chi connectivity index (χ0) is 21.2. The number of carbonyl (C=O) groups is 1. The molecule has 1 amide bonds. The molecule has 1 atom stereocenters. The number of imidazole rings is 1. The summed E-state index contributed by atoms with van der Waals surface area (Å²) in [5.74, 6) is -0.491. The van der Waals surface area contributed by atoms with E-state index in [1.54, 1.807) is 22.8 Å². The molecule has 0 aliphatic rings. The summed E-state index contributed by atoms with van der Waals surface area (Å²) in [7, 11) is 0. The lowest BCUT2D eigenvalue weighted by Crippen LogP contribution is -2.42. The summed E-state index contributed by atoms with van der Waals surface area (Å²) in [5, 5.41) is 20.0. The van der Waals surface area contributed by atoms with Crippen LogP contribution in [0.4, 0.5) is 10.1 Å². The Morgan fingerprint density at radius 1 is 1.31 bits per heavy atom. The molecule has 3 N–H and O–H groups in total. The zero-order valence-corrected chi connectivity index (χ0v) is 17.0. The molecule has 29 heavy (non-hydrogen) atoms.